The summed E-state index contributed by atoms with van der Waals surface area (Å²) in [7, 11) is 0. The zero-order valence-corrected chi connectivity index (χ0v) is 20.6. The molecule has 1 atom stereocenters. The van der Waals surface area contributed by atoms with Gasteiger partial charge in [-0.15, -0.1) is 0 Å². The van der Waals surface area contributed by atoms with Gasteiger partial charge in [0.25, 0.3) is 0 Å². The quantitative estimate of drug-likeness (QED) is 0.683. The van der Waals surface area contributed by atoms with Crippen LogP contribution in [0.1, 0.15) is 67.9 Å². The van der Waals surface area contributed by atoms with E-state index in [0.29, 0.717) is 19.0 Å². The summed E-state index contributed by atoms with van der Waals surface area (Å²) in [6, 6.07) is 5.92. The van der Waals surface area contributed by atoms with Gasteiger partial charge in [0.05, 0.1) is 11.0 Å². The molecule has 7 heteroatoms. The van der Waals surface area contributed by atoms with Gasteiger partial charge in [-0.05, 0) is 50.8 Å². The van der Waals surface area contributed by atoms with Crippen LogP contribution in [0.3, 0.4) is 0 Å². The first-order valence-electron chi connectivity index (χ1n) is 10.9. The average molecular weight is 433 g/mol. The number of nitrogen functional groups attached to an aromatic ring is 1. The van der Waals surface area contributed by atoms with Crippen LogP contribution in [0, 0.1) is 10.8 Å². The molecule has 1 heterocycles. The highest BCUT2D eigenvalue weighted by molar-refractivity contribution is 5.79. The minimum atomic E-state index is -0.566. The number of aliphatic hydroxyl groups excluding tert-OH is 1. The van der Waals surface area contributed by atoms with Gasteiger partial charge in [-0.3, -0.25) is 0 Å². The second-order valence-electron chi connectivity index (χ2n) is 11.4. The van der Waals surface area contributed by atoms with E-state index in [-0.39, 0.29) is 29.6 Å². The number of hydrogen-bond donors (Lipinski definition) is 2. The third-order valence-corrected chi connectivity index (χ3v) is 5.56. The molecule has 3 N–H and O–H groups in total. The number of rotatable bonds is 6. The van der Waals surface area contributed by atoms with Crippen molar-refractivity contribution in [1.82, 2.24) is 14.5 Å². The molecule has 1 aromatic carbocycles. The number of aliphatic hydroxyl groups is 1. The molecule has 1 amide bonds. The molecule has 0 aliphatic carbocycles. The maximum atomic E-state index is 13.0. The number of amides is 1. The number of hydrogen-bond acceptors (Lipinski definition) is 5. The highest BCUT2D eigenvalue weighted by Gasteiger charge is 2.33. The van der Waals surface area contributed by atoms with Gasteiger partial charge in [0, 0.05) is 31.2 Å². The molecule has 7 nitrogen and oxygen atoms in total. The Hall–Kier alpha value is -2.28. The number of anilines is 1. The molecule has 2 rings (SSSR count). The first-order valence-corrected chi connectivity index (χ1v) is 10.9. The van der Waals surface area contributed by atoms with Gasteiger partial charge in [0.1, 0.15) is 5.60 Å². The molecular formula is C24H40N4O3. The Kier molecular flexibility index (Phi) is 7.00. The Morgan fingerprint density at radius 2 is 1.81 bits per heavy atom. The molecule has 0 bridgehead atoms. The second kappa shape index (κ2) is 8.69. The predicted octanol–water partition coefficient (Wildman–Crippen LogP) is 4.81. The zero-order chi connectivity index (χ0) is 23.8. The molecule has 0 fully saturated rings. The first kappa shape index (κ1) is 25.0. The number of imidazole rings is 1. The lowest BCUT2D eigenvalue weighted by Crippen LogP contribution is -2.47. The van der Waals surface area contributed by atoms with Crippen molar-refractivity contribution in [3.8, 4) is 0 Å². The van der Waals surface area contributed by atoms with Crippen LogP contribution in [0.15, 0.2) is 18.2 Å². The van der Waals surface area contributed by atoms with Crippen molar-refractivity contribution in [1.29, 1.82) is 0 Å². The fraction of sp³-hybridized carbons (Fsp3) is 0.667. The Morgan fingerprint density at radius 1 is 1.19 bits per heavy atom. The molecule has 0 unspecified atom stereocenters. The normalized spacial score (nSPS) is 14.0. The summed E-state index contributed by atoms with van der Waals surface area (Å²) in [6.07, 6.45) is -0.329. The van der Waals surface area contributed by atoms with E-state index in [1.54, 1.807) is 4.90 Å². The minimum absolute atomic E-state index is 0.0361. The van der Waals surface area contributed by atoms with Gasteiger partial charge in [-0.1, -0.05) is 40.7 Å². The molecule has 0 aliphatic heterocycles. The lowest BCUT2D eigenvalue weighted by atomic mass is 9.87. The number of nitrogens with zero attached hydrogens (tertiary/aromatic N) is 3. The fourth-order valence-corrected chi connectivity index (χ4v) is 3.28. The lowest BCUT2D eigenvalue weighted by molar-refractivity contribution is 0.00271. The maximum Gasteiger partial charge on any atom is 0.410 e. The molecule has 0 radical (unpaired) electrons. The SMILES string of the molecule is C[C@H](N(Cc1ccc2c(c1)nc(N)n2CC(C)(C)CO)C(=O)OC(C)(C)C)C(C)(C)C. The number of carbonyl (C=O) groups is 1. The fourth-order valence-electron chi connectivity index (χ4n) is 3.28. The number of fused-ring (bicyclic) bond motifs is 1. The van der Waals surface area contributed by atoms with Gasteiger partial charge >= 0.3 is 6.09 Å². The maximum absolute atomic E-state index is 13.0. The van der Waals surface area contributed by atoms with Crippen molar-refractivity contribution in [2.24, 2.45) is 10.8 Å². The summed E-state index contributed by atoms with van der Waals surface area (Å²) in [5.74, 6) is 0.417. The van der Waals surface area contributed by atoms with Crippen LogP contribution in [-0.2, 0) is 17.8 Å². The van der Waals surface area contributed by atoms with Crippen LogP contribution in [0.4, 0.5) is 10.7 Å². The van der Waals surface area contributed by atoms with Crippen molar-refractivity contribution in [3.63, 3.8) is 0 Å². The van der Waals surface area contributed by atoms with Crippen molar-refractivity contribution >= 4 is 23.1 Å². The van der Waals surface area contributed by atoms with Crippen molar-refractivity contribution in [2.45, 2.75) is 87.0 Å². The Morgan fingerprint density at radius 3 is 2.32 bits per heavy atom. The molecular weight excluding hydrogens is 392 g/mol. The summed E-state index contributed by atoms with van der Waals surface area (Å²) in [5, 5.41) is 9.63. The second-order valence-corrected chi connectivity index (χ2v) is 11.4. The van der Waals surface area contributed by atoms with Gasteiger partial charge in [-0.25, -0.2) is 9.78 Å². The van der Waals surface area contributed by atoms with Crippen LogP contribution >= 0.6 is 0 Å². The molecule has 31 heavy (non-hydrogen) atoms. The topological polar surface area (TPSA) is 93.6 Å². The largest absolute Gasteiger partial charge is 0.444 e. The molecule has 174 valence electrons. The van der Waals surface area contributed by atoms with E-state index in [1.165, 1.54) is 0 Å². The van der Waals surface area contributed by atoms with Crippen molar-refractivity contribution < 1.29 is 14.6 Å². The predicted molar refractivity (Wildman–Crippen MR) is 126 cm³/mol. The highest BCUT2D eigenvalue weighted by Crippen LogP contribution is 2.29. The highest BCUT2D eigenvalue weighted by atomic mass is 16.6. The zero-order valence-electron chi connectivity index (χ0n) is 20.6. The summed E-state index contributed by atoms with van der Waals surface area (Å²) < 4.78 is 7.62. The molecule has 1 aromatic heterocycles. The van der Waals surface area contributed by atoms with Crippen LogP contribution < -0.4 is 5.73 Å². The van der Waals surface area contributed by atoms with Crippen LogP contribution in [-0.4, -0.2) is 43.9 Å². The third kappa shape index (κ3) is 6.35. The van der Waals surface area contributed by atoms with Gasteiger partial charge in [0.15, 0.2) is 0 Å². The minimum Gasteiger partial charge on any atom is -0.444 e. The van der Waals surface area contributed by atoms with E-state index in [1.807, 2.05) is 64.3 Å². The molecule has 0 saturated heterocycles. The average Bonchev–Trinajstić information content (AvgIpc) is 2.91. The Labute approximate surface area is 186 Å². The van der Waals surface area contributed by atoms with Gasteiger partial charge < -0.3 is 25.0 Å². The van der Waals surface area contributed by atoms with E-state index in [4.69, 9.17) is 10.5 Å². The third-order valence-electron chi connectivity index (χ3n) is 5.56. The van der Waals surface area contributed by atoms with E-state index in [0.717, 1.165) is 16.6 Å². The summed E-state index contributed by atoms with van der Waals surface area (Å²) in [6.45, 7) is 19.0. The van der Waals surface area contributed by atoms with Gasteiger partial charge in [-0.2, -0.15) is 0 Å². The number of benzene rings is 1. The number of aromatic nitrogens is 2. The lowest BCUT2D eigenvalue weighted by Gasteiger charge is -2.38. The van der Waals surface area contributed by atoms with Crippen molar-refractivity contribution in [2.75, 3.05) is 12.3 Å². The van der Waals surface area contributed by atoms with Crippen LogP contribution in [0.2, 0.25) is 0 Å². The molecule has 0 spiro atoms. The van der Waals surface area contributed by atoms with Crippen LogP contribution in [0.5, 0.6) is 0 Å². The smallest absolute Gasteiger partial charge is 0.410 e. The number of carbonyl (C=O) groups excluding carboxylic acids is 1. The monoisotopic (exact) mass is 432 g/mol. The standard InChI is InChI=1S/C24H40N4O3/c1-16(22(2,3)4)27(21(30)31-23(5,6)7)13-17-10-11-19-18(12-17)26-20(25)28(19)14-24(8,9)15-29/h10-12,16,29H,13-15H2,1-9H3,(H2,25,26)/t16-/m0/s1. The van der Waals surface area contributed by atoms with Crippen LogP contribution in [0.25, 0.3) is 11.0 Å². The van der Waals surface area contributed by atoms with E-state index >= 15 is 0 Å². The molecule has 0 saturated carbocycles. The van der Waals surface area contributed by atoms with Crippen molar-refractivity contribution in [3.05, 3.63) is 23.8 Å². The van der Waals surface area contributed by atoms with E-state index in [9.17, 15) is 9.90 Å². The van der Waals surface area contributed by atoms with E-state index in [2.05, 4.69) is 25.8 Å². The van der Waals surface area contributed by atoms with E-state index < -0.39 is 5.60 Å². The number of ether oxygens (including phenoxy) is 1. The summed E-state index contributed by atoms with van der Waals surface area (Å²) in [5.41, 5.74) is 7.84. The summed E-state index contributed by atoms with van der Waals surface area (Å²) >= 11 is 0. The molecule has 0 aliphatic rings. The van der Waals surface area contributed by atoms with Gasteiger partial charge in [0.2, 0.25) is 5.95 Å². The Bertz CT molecular complexity index is 919. The Balaban J connectivity index is 2.38. The number of nitrogens with two attached hydrogens (primary N) is 1. The molecule has 2 aromatic rings. The summed E-state index contributed by atoms with van der Waals surface area (Å²) in [4.78, 5) is 19.3. The first-order chi connectivity index (χ1) is 14.0.